The maximum Gasteiger partial charge on any atom is 0.416 e. The number of rotatable bonds is 6. The van der Waals surface area contributed by atoms with Gasteiger partial charge in [0, 0.05) is 6.54 Å². The molecule has 0 bridgehead atoms. The molecule has 3 aromatic rings. The van der Waals surface area contributed by atoms with Gasteiger partial charge in [0.15, 0.2) is 6.29 Å². The van der Waals surface area contributed by atoms with Crippen molar-refractivity contribution < 1.29 is 40.2 Å². The fourth-order valence-electron chi connectivity index (χ4n) is 4.07. The zero-order valence-corrected chi connectivity index (χ0v) is 19.2. The van der Waals surface area contributed by atoms with Crippen molar-refractivity contribution in [2.24, 2.45) is 0 Å². The molecular weight excluding hydrogens is 513 g/mol. The molecule has 200 valence electrons. The van der Waals surface area contributed by atoms with Crippen molar-refractivity contribution >= 4 is 0 Å². The van der Waals surface area contributed by atoms with Crippen LogP contribution in [0.3, 0.4) is 0 Å². The van der Waals surface area contributed by atoms with E-state index in [9.17, 15) is 35.5 Å². The van der Waals surface area contributed by atoms with E-state index >= 15 is 0 Å². The summed E-state index contributed by atoms with van der Waals surface area (Å²) in [6, 6.07) is 5.79. The van der Waals surface area contributed by atoms with Gasteiger partial charge in [-0.2, -0.15) is 31.4 Å². The molecule has 14 heteroatoms. The number of hydrogen-bond donors (Lipinski definition) is 2. The summed E-state index contributed by atoms with van der Waals surface area (Å²) >= 11 is 0. The molecule has 0 aliphatic carbocycles. The minimum absolute atomic E-state index is 0.0427. The number of nitrogens with zero attached hydrogens (tertiary/aromatic N) is 2. The second-order valence-corrected chi connectivity index (χ2v) is 8.45. The molecule has 1 aliphatic rings. The van der Waals surface area contributed by atoms with Crippen molar-refractivity contribution in [2.75, 3.05) is 13.2 Å². The van der Waals surface area contributed by atoms with Crippen molar-refractivity contribution in [1.82, 2.24) is 20.1 Å². The second-order valence-electron chi connectivity index (χ2n) is 8.45. The van der Waals surface area contributed by atoms with E-state index in [0.717, 1.165) is 0 Å². The number of benzene rings is 2. The summed E-state index contributed by atoms with van der Waals surface area (Å²) in [4.78, 5) is 15.7. The quantitative estimate of drug-likeness (QED) is 0.438. The van der Waals surface area contributed by atoms with Crippen LogP contribution < -0.4 is 5.69 Å². The monoisotopic (exact) mass is 534 g/mol. The van der Waals surface area contributed by atoms with Crippen molar-refractivity contribution in [2.45, 2.75) is 44.3 Å². The number of alkyl halides is 6. The highest BCUT2D eigenvalue weighted by Crippen LogP contribution is 2.39. The number of aromatic nitrogens is 3. The number of nitrogens with one attached hydrogen (secondary N) is 2. The Balaban J connectivity index is 1.66. The van der Waals surface area contributed by atoms with E-state index in [1.165, 1.54) is 31.2 Å². The Hall–Kier alpha value is -3.23. The van der Waals surface area contributed by atoms with Crippen LogP contribution in [0.5, 0.6) is 0 Å². The van der Waals surface area contributed by atoms with Gasteiger partial charge in [-0.25, -0.2) is 14.3 Å². The third-order valence-corrected chi connectivity index (χ3v) is 5.84. The molecule has 2 N–H and O–H groups in total. The van der Waals surface area contributed by atoms with Gasteiger partial charge in [0.05, 0.1) is 36.4 Å². The Kier molecular flexibility index (Phi) is 7.44. The molecule has 1 aliphatic heterocycles. The molecule has 0 spiro atoms. The number of hydrogen-bond acceptors (Lipinski definition) is 5. The SMILES string of the molecule is C[C@H](O[C@H]1OCCN(Cc2n[nH]c(=O)[nH]2)[C@H]1c1ccc(F)cc1)c1cc(C(F)(F)F)cc(C(F)(F)F)c1. The number of H-pyrrole nitrogens is 2. The lowest BCUT2D eigenvalue weighted by Crippen LogP contribution is -2.46. The molecule has 3 atom stereocenters. The minimum Gasteiger partial charge on any atom is -0.349 e. The fourth-order valence-corrected chi connectivity index (χ4v) is 4.07. The third-order valence-electron chi connectivity index (χ3n) is 5.84. The highest BCUT2D eigenvalue weighted by atomic mass is 19.4. The first kappa shape index (κ1) is 26.8. The predicted molar refractivity (Wildman–Crippen MR) is 114 cm³/mol. The molecule has 7 nitrogen and oxygen atoms in total. The van der Waals surface area contributed by atoms with Crippen LogP contribution in [-0.4, -0.2) is 39.5 Å². The van der Waals surface area contributed by atoms with E-state index in [2.05, 4.69) is 15.2 Å². The van der Waals surface area contributed by atoms with E-state index in [1.54, 1.807) is 4.90 Å². The number of halogens is 7. The summed E-state index contributed by atoms with van der Waals surface area (Å²) in [6.07, 6.45) is -12.4. The number of aromatic amines is 2. The Bertz CT molecular complexity index is 1240. The van der Waals surface area contributed by atoms with E-state index in [0.29, 0.717) is 24.2 Å². The number of ether oxygens (including phenoxy) is 2. The van der Waals surface area contributed by atoms with E-state index in [4.69, 9.17) is 9.47 Å². The first-order valence-electron chi connectivity index (χ1n) is 11.0. The van der Waals surface area contributed by atoms with Gasteiger partial charge >= 0.3 is 18.0 Å². The summed E-state index contributed by atoms with van der Waals surface area (Å²) in [5.41, 5.74) is -3.30. The van der Waals surface area contributed by atoms with E-state index in [-0.39, 0.29) is 30.6 Å². The maximum absolute atomic E-state index is 13.6. The highest BCUT2D eigenvalue weighted by molar-refractivity contribution is 5.34. The predicted octanol–water partition coefficient (Wildman–Crippen LogP) is 4.95. The van der Waals surface area contributed by atoms with Gasteiger partial charge in [0.2, 0.25) is 0 Å². The second kappa shape index (κ2) is 10.3. The summed E-state index contributed by atoms with van der Waals surface area (Å²) in [5, 5.41) is 6.10. The van der Waals surface area contributed by atoms with Crippen LogP contribution in [0.4, 0.5) is 30.7 Å². The molecule has 4 rings (SSSR count). The highest BCUT2D eigenvalue weighted by Gasteiger charge is 2.39. The normalized spacial score (nSPS) is 20.2. The smallest absolute Gasteiger partial charge is 0.349 e. The van der Waals surface area contributed by atoms with Crippen LogP contribution >= 0.6 is 0 Å². The molecule has 0 unspecified atom stereocenters. The topological polar surface area (TPSA) is 83.2 Å². The zero-order chi connectivity index (χ0) is 27.0. The van der Waals surface area contributed by atoms with Gasteiger partial charge in [-0.1, -0.05) is 12.1 Å². The van der Waals surface area contributed by atoms with Crippen molar-refractivity contribution in [3.05, 3.63) is 86.8 Å². The Morgan fingerprint density at radius 2 is 1.70 bits per heavy atom. The van der Waals surface area contributed by atoms with Crippen LogP contribution in [0.25, 0.3) is 0 Å². The molecule has 2 aromatic carbocycles. The maximum atomic E-state index is 13.6. The van der Waals surface area contributed by atoms with Crippen molar-refractivity contribution in [3.63, 3.8) is 0 Å². The third kappa shape index (κ3) is 6.37. The lowest BCUT2D eigenvalue weighted by molar-refractivity contribution is -0.231. The summed E-state index contributed by atoms with van der Waals surface area (Å²) in [5.74, 6) is -0.239. The zero-order valence-electron chi connectivity index (χ0n) is 19.2. The summed E-state index contributed by atoms with van der Waals surface area (Å²) in [7, 11) is 0. The van der Waals surface area contributed by atoms with Crippen LogP contribution in [0.2, 0.25) is 0 Å². The van der Waals surface area contributed by atoms with Gasteiger partial charge in [-0.3, -0.25) is 9.88 Å². The van der Waals surface area contributed by atoms with Gasteiger partial charge in [0.25, 0.3) is 0 Å². The van der Waals surface area contributed by atoms with Crippen LogP contribution in [0.15, 0.2) is 47.3 Å². The molecule has 0 radical (unpaired) electrons. The van der Waals surface area contributed by atoms with Crippen LogP contribution in [0, 0.1) is 5.82 Å². The van der Waals surface area contributed by atoms with Crippen LogP contribution in [-0.2, 0) is 28.4 Å². The molecular formula is C23H21F7N4O3. The Morgan fingerprint density at radius 1 is 1.08 bits per heavy atom. The molecule has 2 heterocycles. The average molecular weight is 534 g/mol. The van der Waals surface area contributed by atoms with Gasteiger partial charge in [0.1, 0.15) is 11.6 Å². The van der Waals surface area contributed by atoms with Gasteiger partial charge in [-0.05, 0) is 48.4 Å². The van der Waals surface area contributed by atoms with E-state index in [1.807, 2.05) is 0 Å². The largest absolute Gasteiger partial charge is 0.416 e. The molecule has 37 heavy (non-hydrogen) atoms. The summed E-state index contributed by atoms with van der Waals surface area (Å²) in [6.45, 7) is 1.82. The van der Waals surface area contributed by atoms with E-state index < -0.39 is 53.4 Å². The lowest BCUT2D eigenvalue weighted by atomic mass is 10.0. The first-order valence-corrected chi connectivity index (χ1v) is 11.0. The van der Waals surface area contributed by atoms with Gasteiger partial charge < -0.3 is 9.47 Å². The number of morpholine rings is 1. The molecule has 1 fully saturated rings. The standard InChI is InChI=1S/C23H21F7N4O3/c1-12(14-8-15(22(25,26)27)10-16(9-14)23(28,29)30)37-20-19(13-2-4-17(24)5-3-13)34(6-7-36-20)11-18-31-21(35)33-32-18/h2-5,8-10,12,19-20H,6-7,11H2,1H3,(H2,31,32,33,35)/t12-,19-,20+/m0/s1. The Labute approximate surface area is 205 Å². The van der Waals surface area contributed by atoms with Crippen molar-refractivity contribution in [3.8, 4) is 0 Å². The molecule has 1 saturated heterocycles. The average Bonchev–Trinajstić information content (AvgIpc) is 3.23. The minimum atomic E-state index is -5.01. The summed E-state index contributed by atoms with van der Waals surface area (Å²) < 4.78 is 105. The van der Waals surface area contributed by atoms with Crippen LogP contribution in [0.1, 0.15) is 47.1 Å². The van der Waals surface area contributed by atoms with Gasteiger partial charge in [-0.15, -0.1) is 0 Å². The fraction of sp³-hybridized carbons (Fsp3) is 0.391. The Morgan fingerprint density at radius 3 is 2.24 bits per heavy atom. The molecule has 0 saturated carbocycles. The lowest BCUT2D eigenvalue weighted by Gasteiger charge is -2.41. The molecule has 0 amide bonds. The van der Waals surface area contributed by atoms with Crippen molar-refractivity contribution in [1.29, 1.82) is 0 Å². The first-order chi connectivity index (χ1) is 17.3. The molecule has 1 aromatic heterocycles.